The van der Waals surface area contributed by atoms with Crippen LogP contribution in [-0.4, -0.2) is 15.5 Å². The molecule has 0 saturated carbocycles. The van der Waals surface area contributed by atoms with Crippen LogP contribution in [0.25, 0.3) is 0 Å². The van der Waals surface area contributed by atoms with E-state index >= 15 is 0 Å². The molecule has 0 fully saturated rings. The normalized spacial score (nSPS) is 16.8. The molecule has 0 aromatic heterocycles. The van der Waals surface area contributed by atoms with Crippen molar-refractivity contribution in [2.75, 3.05) is 0 Å². The van der Waals surface area contributed by atoms with Gasteiger partial charge in [-0.2, -0.15) is 0 Å². The zero-order valence-corrected chi connectivity index (χ0v) is 10.1. The van der Waals surface area contributed by atoms with Gasteiger partial charge in [0.2, 0.25) is 0 Å². The van der Waals surface area contributed by atoms with E-state index in [4.69, 9.17) is 5.73 Å². The molecular weight excluding hydrogens is 232 g/mol. The summed E-state index contributed by atoms with van der Waals surface area (Å²) in [5, 5.41) is -0.283. The van der Waals surface area contributed by atoms with Crippen molar-refractivity contribution in [3.8, 4) is 0 Å². The van der Waals surface area contributed by atoms with E-state index in [1.165, 1.54) is 6.07 Å². The maximum atomic E-state index is 12.9. The average molecular weight is 247 g/mol. The molecule has 0 heterocycles. The van der Waals surface area contributed by atoms with Crippen LogP contribution in [-0.2, 0) is 10.8 Å². The van der Waals surface area contributed by atoms with Crippen molar-refractivity contribution < 1.29 is 13.0 Å². The van der Waals surface area contributed by atoms with E-state index < -0.39 is 22.4 Å². The van der Waals surface area contributed by atoms with Crippen LogP contribution in [0.2, 0.25) is 0 Å². The van der Waals surface area contributed by atoms with Crippen LogP contribution in [0.3, 0.4) is 0 Å². The summed E-state index contributed by atoms with van der Waals surface area (Å²) in [6, 6.07) is 3.05. The lowest BCUT2D eigenvalue weighted by Gasteiger charge is -2.17. The molecular formula is C11H15F2NOS. The topological polar surface area (TPSA) is 43.1 Å². The lowest BCUT2D eigenvalue weighted by Crippen LogP contribution is -2.34. The molecule has 0 saturated heterocycles. The van der Waals surface area contributed by atoms with Gasteiger partial charge in [0.25, 0.3) is 0 Å². The molecule has 1 aromatic carbocycles. The summed E-state index contributed by atoms with van der Waals surface area (Å²) in [6.07, 6.45) is 0.691. The number of hydrogen-bond acceptors (Lipinski definition) is 2. The summed E-state index contributed by atoms with van der Waals surface area (Å²) >= 11 is 0. The molecule has 0 spiro atoms. The van der Waals surface area contributed by atoms with Crippen molar-refractivity contribution in [3.05, 3.63) is 29.8 Å². The minimum atomic E-state index is -1.41. The quantitative estimate of drug-likeness (QED) is 0.886. The molecule has 2 nitrogen and oxygen atoms in total. The molecule has 0 aliphatic heterocycles. The summed E-state index contributed by atoms with van der Waals surface area (Å²) in [7, 11) is -1.41. The van der Waals surface area contributed by atoms with Crippen LogP contribution < -0.4 is 5.73 Å². The highest BCUT2D eigenvalue weighted by molar-refractivity contribution is 7.85. The largest absolute Gasteiger partial charge is 0.327 e. The van der Waals surface area contributed by atoms with Crippen LogP contribution in [0.1, 0.15) is 20.3 Å². The Morgan fingerprint density at radius 1 is 1.38 bits per heavy atom. The number of hydrogen-bond donors (Lipinski definition) is 1. The van der Waals surface area contributed by atoms with Gasteiger partial charge in [0, 0.05) is 10.9 Å². The van der Waals surface area contributed by atoms with Crippen LogP contribution in [0.4, 0.5) is 8.78 Å². The smallest absolute Gasteiger partial charge is 0.160 e. The van der Waals surface area contributed by atoms with E-state index in [0.29, 0.717) is 6.42 Å². The fraction of sp³-hybridized carbons (Fsp3) is 0.455. The zero-order valence-electron chi connectivity index (χ0n) is 9.24. The van der Waals surface area contributed by atoms with Gasteiger partial charge >= 0.3 is 0 Å². The van der Waals surface area contributed by atoms with Crippen molar-refractivity contribution in [3.63, 3.8) is 0 Å². The van der Waals surface area contributed by atoms with Gasteiger partial charge in [0.05, 0.1) is 16.0 Å². The standard InChI is InChI=1S/C11H15F2NOS/c1-3-11(14)7(2)16(15)8-4-5-9(12)10(13)6-8/h4-7,11H,3,14H2,1-2H3. The molecule has 3 unspecified atom stereocenters. The van der Waals surface area contributed by atoms with E-state index in [0.717, 1.165) is 12.1 Å². The highest BCUT2D eigenvalue weighted by atomic mass is 32.2. The van der Waals surface area contributed by atoms with Gasteiger partial charge in [-0.15, -0.1) is 0 Å². The molecule has 2 N–H and O–H groups in total. The third kappa shape index (κ3) is 2.86. The summed E-state index contributed by atoms with van der Waals surface area (Å²) in [5.74, 6) is -1.92. The van der Waals surface area contributed by atoms with Crippen LogP contribution in [0.5, 0.6) is 0 Å². The highest BCUT2D eigenvalue weighted by Gasteiger charge is 2.20. The predicted octanol–water partition coefficient (Wildman–Crippen LogP) is 2.20. The molecule has 3 atom stereocenters. The Bertz CT molecular complexity index is 398. The Morgan fingerprint density at radius 3 is 2.50 bits per heavy atom. The Hall–Kier alpha value is -0.810. The number of nitrogens with two attached hydrogens (primary N) is 1. The molecule has 1 aromatic rings. The minimum absolute atomic E-state index is 0.214. The van der Waals surface area contributed by atoms with Crippen molar-refractivity contribution in [2.45, 2.75) is 36.5 Å². The molecule has 5 heteroatoms. The SMILES string of the molecule is CCC(N)C(C)S(=O)c1ccc(F)c(F)c1. The molecule has 0 aliphatic rings. The number of halogens is 2. The summed E-state index contributed by atoms with van der Waals surface area (Å²) in [6.45, 7) is 3.63. The number of rotatable bonds is 4. The monoisotopic (exact) mass is 247 g/mol. The van der Waals surface area contributed by atoms with Crippen LogP contribution in [0, 0.1) is 11.6 Å². The molecule has 0 amide bonds. The highest BCUT2D eigenvalue weighted by Crippen LogP contribution is 2.17. The Balaban J connectivity index is 2.92. The van der Waals surface area contributed by atoms with E-state index in [1.807, 2.05) is 6.92 Å². The van der Waals surface area contributed by atoms with Gasteiger partial charge < -0.3 is 5.73 Å². The third-order valence-electron chi connectivity index (χ3n) is 2.54. The second-order valence-corrected chi connectivity index (χ2v) is 5.46. The first-order valence-electron chi connectivity index (χ1n) is 5.08. The minimum Gasteiger partial charge on any atom is -0.327 e. The van der Waals surface area contributed by atoms with Crippen LogP contribution >= 0.6 is 0 Å². The summed E-state index contributed by atoms with van der Waals surface area (Å²) < 4.78 is 37.6. The lowest BCUT2D eigenvalue weighted by atomic mass is 10.2. The zero-order chi connectivity index (χ0) is 12.3. The van der Waals surface area contributed by atoms with Gasteiger partial charge in [-0.1, -0.05) is 6.92 Å². The Labute approximate surface area is 96.3 Å². The average Bonchev–Trinajstić information content (AvgIpc) is 2.29. The van der Waals surface area contributed by atoms with Crippen molar-refractivity contribution >= 4 is 10.8 Å². The molecule has 1 rings (SSSR count). The number of benzene rings is 1. The summed E-state index contributed by atoms with van der Waals surface area (Å²) in [4.78, 5) is 0.273. The molecule has 0 bridgehead atoms. The molecule has 0 radical (unpaired) electrons. The van der Waals surface area contributed by atoms with Crippen molar-refractivity contribution in [1.82, 2.24) is 0 Å². The summed E-state index contributed by atoms with van der Waals surface area (Å²) in [5.41, 5.74) is 5.76. The third-order valence-corrected chi connectivity index (χ3v) is 4.28. The van der Waals surface area contributed by atoms with Gasteiger partial charge in [0.15, 0.2) is 11.6 Å². The van der Waals surface area contributed by atoms with Gasteiger partial charge in [0.1, 0.15) is 0 Å². The fourth-order valence-corrected chi connectivity index (χ4v) is 2.67. The Kier molecular flexibility index (Phi) is 4.56. The van der Waals surface area contributed by atoms with E-state index in [9.17, 15) is 13.0 Å². The lowest BCUT2D eigenvalue weighted by molar-refractivity contribution is 0.505. The van der Waals surface area contributed by atoms with Gasteiger partial charge in [-0.25, -0.2) is 8.78 Å². The van der Waals surface area contributed by atoms with E-state index in [2.05, 4.69) is 0 Å². The van der Waals surface area contributed by atoms with E-state index in [1.54, 1.807) is 6.92 Å². The maximum absolute atomic E-state index is 12.9. The predicted molar refractivity (Wildman–Crippen MR) is 60.5 cm³/mol. The molecule has 0 aliphatic carbocycles. The second-order valence-electron chi connectivity index (χ2n) is 3.65. The van der Waals surface area contributed by atoms with Crippen LogP contribution in [0.15, 0.2) is 23.1 Å². The maximum Gasteiger partial charge on any atom is 0.160 e. The van der Waals surface area contributed by atoms with E-state index in [-0.39, 0.29) is 16.2 Å². The van der Waals surface area contributed by atoms with Crippen molar-refractivity contribution in [1.29, 1.82) is 0 Å². The Morgan fingerprint density at radius 2 is 2.00 bits per heavy atom. The second kappa shape index (κ2) is 5.50. The first kappa shape index (κ1) is 13.3. The molecule has 90 valence electrons. The van der Waals surface area contributed by atoms with Crippen molar-refractivity contribution in [2.24, 2.45) is 5.73 Å². The fourth-order valence-electron chi connectivity index (χ4n) is 1.31. The first-order chi connectivity index (χ1) is 7.47. The van der Waals surface area contributed by atoms with Gasteiger partial charge in [-0.3, -0.25) is 4.21 Å². The first-order valence-corrected chi connectivity index (χ1v) is 6.29. The van der Waals surface area contributed by atoms with Gasteiger partial charge in [-0.05, 0) is 31.5 Å². The molecule has 16 heavy (non-hydrogen) atoms.